The highest BCUT2D eigenvalue weighted by atomic mass is 16.5. The Labute approximate surface area is 170 Å². The van der Waals surface area contributed by atoms with Crippen molar-refractivity contribution in [3.05, 3.63) is 41.5 Å². The lowest BCUT2D eigenvalue weighted by molar-refractivity contribution is -0.146. The van der Waals surface area contributed by atoms with Crippen molar-refractivity contribution < 1.29 is 19.0 Å². The van der Waals surface area contributed by atoms with Crippen LogP contribution in [0.1, 0.15) is 70.4 Å². The van der Waals surface area contributed by atoms with Gasteiger partial charge in [0, 0.05) is 6.42 Å². The van der Waals surface area contributed by atoms with Gasteiger partial charge in [-0.05, 0) is 69.4 Å². The van der Waals surface area contributed by atoms with Gasteiger partial charge in [0.2, 0.25) is 0 Å². The summed E-state index contributed by atoms with van der Waals surface area (Å²) in [5.74, 6) is 1.34. The Morgan fingerprint density at radius 1 is 1.11 bits per heavy atom. The van der Waals surface area contributed by atoms with Gasteiger partial charge >= 0.3 is 5.97 Å². The molecule has 1 rings (SSSR count). The van der Waals surface area contributed by atoms with Gasteiger partial charge in [-0.1, -0.05) is 25.3 Å². The average molecular weight is 389 g/mol. The molecule has 0 amide bonds. The van der Waals surface area contributed by atoms with Crippen LogP contribution in [0.25, 0.3) is 6.08 Å². The molecular formula is C24H36O4. The number of ether oxygens (including phenoxy) is 3. The van der Waals surface area contributed by atoms with E-state index < -0.39 is 0 Å². The van der Waals surface area contributed by atoms with Crippen LogP contribution < -0.4 is 9.47 Å². The highest BCUT2D eigenvalue weighted by Crippen LogP contribution is 2.32. The van der Waals surface area contributed by atoms with E-state index in [0.29, 0.717) is 6.42 Å². The second-order valence-corrected chi connectivity index (χ2v) is 7.24. The van der Waals surface area contributed by atoms with Crippen LogP contribution in [0.4, 0.5) is 0 Å². The summed E-state index contributed by atoms with van der Waals surface area (Å²) in [4.78, 5) is 11.9. The number of aryl methyl sites for hydroxylation is 1. The van der Waals surface area contributed by atoms with Crippen LogP contribution in [-0.2, 0) is 16.0 Å². The molecule has 4 nitrogen and oxygen atoms in total. The molecule has 1 aromatic carbocycles. The molecular weight excluding hydrogens is 352 g/mol. The lowest BCUT2D eigenvalue weighted by Crippen LogP contribution is -2.12. The van der Waals surface area contributed by atoms with Crippen LogP contribution in [0, 0.1) is 0 Å². The van der Waals surface area contributed by atoms with E-state index >= 15 is 0 Å². The largest absolute Gasteiger partial charge is 0.496 e. The van der Waals surface area contributed by atoms with Gasteiger partial charge < -0.3 is 14.2 Å². The van der Waals surface area contributed by atoms with Gasteiger partial charge in [0.15, 0.2) is 0 Å². The van der Waals surface area contributed by atoms with Crippen molar-refractivity contribution in [2.75, 3.05) is 14.2 Å². The van der Waals surface area contributed by atoms with Crippen LogP contribution in [0.3, 0.4) is 0 Å². The smallest absolute Gasteiger partial charge is 0.306 e. The zero-order chi connectivity index (χ0) is 20.9. The number of hydrogen-bond acceptors (Lipinski definition) is 4. The summed E-state index contributed by atoms with van der Waals surface area (Å²) in [7, 11) is 3.32. The van der Waals surface area contributed by atoms with Crippen LogP contribution in [-0.4, -0.2) is 26.3 Å². The fraction of sp³-hybridized carbons (Fsp3) is 0.542. The van der Waals surface area contributed by atoms with Crippen molar-refractivity contribution in [3.8, 4) is 11.5 Å². The third-order valence-electron chi connectivity index (χ3n) is 4.51. The van der Waals surface area contributed by atoms with E-state index in [2.05, 4.69) is 25.6 Å². The molecule has 4 heteroatoms. The van der Waals surface area contributed by atoms with Crippen molar-refractivity contribution in [1.82, 2.24) is 0 Å². The number of hydrogen-bond donors (Lipinski definition) is 0. The highest BCUT2D eigenvalue weighted by molar-refractivity contribution is 5.70. The molecule has 0 aliphatic rings. The minimum Gasteiger partial charge on any atom is -0.496 e. The Bertz CT molecular complexity index is 636. The molecule has 28 heavy (non-hydrogen) atoms. The first-order chi connectivity index (χ1) is 13.4. The summed E-state index contributed by atoms with van der Waals surface area (Å²) in [6.07, 6.45) is 10.0. The number of allylic oxidation sites excluding steroid dienone is 1. The second kappa shape index (κ2) is 13.0. The minimum atomic E-state index is -0.323. The van der Waals surface area contributed by atoms with Crippen LogP contribution in [0.5, 0.6) is 11.5 Å². The molecule has 0 aliphatic heterocycles. The summed E-state index contributed by atoms with van der Waals surface area (Å²) in [5.41, 5.74) is 3.14. The fourth-order valence-electron chi connectivity index (χ4n) is 2.95. The molecule has 0 saturated heterocycles. The van der Waals surface area contributed by atoms with E-state index in [0.717, 1.165) is 48.3 Å². The zero-order valence-corrected chi connectivity index (χ0v) is 18.2. The molecule has 0 fully saturated rings. The molecule has 0 aliphatic carbocycles. The molecule has 0 bridgehead atoms. The highest BCUT2D eigenvalue weighted by Gasteiger charge is 2.12. The van der Waals surface area contributed by atoms with E-state index in [4.69, 9.17) is 14.2 Å². The number of carbonyl (C=O) groups is 1. The van der Waals surface area contributed by atoms with Gasteiger partial charge in [-0.15, -0.1) is 6.58 Å². The lowest BCUT2D eigenvalue weighted by Gasteiger charge is -2.14. The predicted octanol–water partition coefficient (Wildman–Crippen LogP) is 6.13. The summed E-state index contributed by atoms with van der Waals surface area (Å²) < 4.78 is 16.6. The first-order valence-corrected chi connectivity index (χ1v) is 10.2. The lowest BCUT2D eigenvalue weighted by atomic mass is 10.0. The normalized spacial score (nSPS) is 12.0. The number of rotatable bonds is 13. The third-order valence-corrected chi connectivity index (χ3v) is 4.51. The first kappa shape index (κ1) is 23.8. The number of esters is 1. The fourth-order valence-corrected chi connectivity index (χ4v) is 2.95. The van der Waals surface area contributed by atoms with Crippen molar-refractivity contribution in [2.24, 2.45) is 0 Å². The Balaban J connectivity index is 2.79. The van der Waals surface area contributed by atoms with Crippen LogP contribution in [0.15, 0.2) is 30.4 Å². The maximum atomic E-state index is 11.9. The van der Waals surface area contributed by atoms with Crippen LogP contribution in [0.2, 0.25) is 0 Å². The molecule has 156 valence electrons. The van der Waals surface area contributed by atoms with Gasteiger partial charge in [-0.3, -0.25) is 4.79 Å². The Morgan fingerprint density at radius 2 is 1.75 bits per heavy atom. The van der Waals surface area contributed by atoms with Gasteiger partial charge in [0.05, 0.1) is 19.8 Å². The number of unbranched alkanes of at least 4 members (excludes halogenated alkanes) is 2. The Morgan fingerprint density at radius 3 is 2.29 bits per heavy atom. The van der Waals surface area contributed by atoms with Crippen molar-refractivity contribution >= 4 is 12.0 Å². The van der Waals surface area contributed by atoms with E-state index in [9.17, 15) is 4.79 Å². The van der Waals surface area contributed by atoms with E-state index in [-0.39, 0.29) is 12.1 Å². The quantitative estimate of drug-likeness (QED) is 0.232. The summed E-state index contributed by atoms with van der Waals surface area (Å²) in [5, 5.41) is 0. The van der Waals surface area contributed by atoms with E-state index in [1.807, 2.05) is 26.0 Å². The van der Waals surface area contributed by atoms with Gasteiger partial charge in [-0.2, -0.15) is 0 Å². The number of methoxy groups -OCH3 is 2. The molecule has 0 N–H and O–H groups in total. The molecule has 1 aromatic rings. The molecule has 0 spiro atoms. The molecule has 0 heterocycles. The SMILES string of the molecule is C=C(C)CCCC(=O)O[C@@H](C)/C=C/c1c(OC)cc(CCCCC)cc1OC. The maximum absolute atomic E-state index is 11.9. The minimum absolute atomic E-state index is 0.191. The molecule has 0 aromatic heterocycles. The molecule has 0 unspecified atom stereocenters. The number of carbonyl (C=O) groups excluding carboxylic acids is 1. The van der Waals surface area contributed by atoms with E-state index in [1.165, 1.54) is 18.4 Å². The van der Waals surface area contributed by atoms with Crippen molar-refractivity contribution in [1.29, 1.82) is 0 Å². The summed E-state index contributed by atoms with van der Waals surface area (Å²) >= 11 is 0. The summed E-state index contributed by atoms with van der Waals surface area (Å²) in [6.45, 7) is 9.86. The Hall–Kier alpha value is -2.23. The standard InChI is InChI=1S/C24H36O4/c1-7-8-9-12-20-16-22(26-5)21(23(17-20)27-6)15-14-19(4)28-24(25)13-10-11-18(2)3/h14-17,19H,2,7-13H2,1,3-6H3/b15-14+/t19-/m0/s1. The van der Waals surface area contributed by atoms with E-state index in [1.54, 1.807) is 14.2 Å². The van der Waals surface area contributed by atoms with Crippen LogP contribution >= 0.6 is 0 Å². The molecule has 0 saturated carbocycles. The molecule has 1 atom stereocenters. The third kappa shape index (κ3) is 8.64. The predicted molar refractivity (Wildman–Crippen MR) is 116 cm³/mol. The second-order valence-electron chi connectivity index (χ2n) is 7.24. The van der Waals surface area contributed by atoms with Gasteiger partial charge in [0.1, 0.15) is 17.6 Å². The zero-order valence-electron chi connectivity index (χ0n) is 18.2. The maximum Gasteiger partial charge on any atom is 0.306 e. The van der Waals surface area contributed by atoms with Crippen molar-refractivity contribution in [3.63, 3.8) is 0 Å². The number of benzene rings is 1. The monoisotopic (exact) mass is 388 g/mol. The average Bonchev–Trinajstić information content (AvgIpc) is 2.65. The topological polar surface area (TPSA) is 44.8 Å². The van der Waals surface area contributed by atoms with Crippen molar-refractivity contribution in [2.45, 2.75) is 71.8 Å². The van der Waals surface area contributed by atoms with Gasteiger partial charge in [0.25, 0.3) is 0 Å². The van der Waals surface area contributed by atoms with Gasteiger partial charge in [-0.25, -0.2) is 0 Å². The Kier molecular flexibility index (Phi) is 11.1. The first-order valence-electron chi connectivity index (χ1n) is 10.2. The summed E-state index contributed by atoms with van der Waals surface area (Å²) in [6, 6.07) is 4.12. The molecule has 0 radical (unpaired) electrons.